The Morgan fingerprint density at radius 1 is 0.885 bits per heavy atom. The first-order chi connectivity index (χ1) is 12.8. The van der Waals surface area contributed by atoms with Gasteiger partial charge >= 0.3 is 0 Å². The smallest absolute Gasteiger partial charge is 0.258 e. The zero-order chi connectivity index (χ0) is 17.8. The minimum Gasteiger partial charge on any atom is -0.290 e. The fraction of sp³-hybridized carbons (Fsp3) is 0. The fourth-order valence-electron chi connectivity index (χ4n) is 2.46. The number of benzene rings is 1. The Hall–Kier alpha value is -3.87. The van der Waals surface area contributed by atoms with Crippen molar-refractivity contribution in [2.45, 2.75) is 0 Å². The van der Waals surface area contributed by atoms with Crippen molar-refractivity contribution < 1.29 is 4.79 Å². The molecule has 3 aromatic heterocycles. The molecule has 7 heteroatoms. The summed E-state index contributed by atoms with van der Waals surface area (Å²) in [6, 6.07) is 16.3. The van der Waals surface area contributed by atoms with Crippen molar-refractivity contribution in [2.24, 2.45) is 0 Å². The SMILES string of the molecule is O=C(Nc1nccc(-c2ccccn2)n1)c1cccc(-n2cccn2)c1. The fourth-order valence-corrected chi connectivity index (χ4v) is 2.46. The van der Waals surface area contributed by atoms with Crippen LogP contribution in [0.15, 0.2) is 79.4 Å². The molecule has 0 radical (unpaired) electrons. The van der Waals surface area contributed by atoms with Crippen molar-refractivity contribution in [3.05, 3.63) is 84.9 Å². The molecule has 0 aliphatic rings. The Labute approximate surface area is 149 Å². The lowest BCUT2D eigenvalue weighted by molar-refractivity contribution is 0.102. The van der Waals surface area contributed by atoms with Gasteiger partial charge < -0.3 is 0 Å². The Kier molecular flexibility index (Phi) is 4.17. The van der Waals surface area contributed by atoms with E-state index in [1.807, 2.05) is 36.5 Å². The van der Waals surface area contributed by atoms with Crippen molar-refractivity contribution in [3.63, 3.8) is 0 Å². The van der Waals surface area contributed by atoms with Crippen LogP contribution in [0.5, 0.6) is 0 Å². The van der Waals surface area contributed by atoms with Crippen LogP contribution in [0.4, 0.5) is 5.95 Å². The van der Waals surface area contributed by atoms with Crippen LogP contribution in [0, 0.1) is 0 Å². The summed E-state index contributed by atoms with van der Waals surface area (Å²) in [6.07, 6.45) is 6.78. The Bertz CT molecular complexity index is 1030. The van der Waals surface area contributed by atoms with Gasteiger partial charge in [0.25, 0.3) is 5.91 Å². The topological polar surface area (TPSA) is 85.6 Å². The number of pyridine rings is 1. The molecule has 126 valence electrons. The van der Waals surface area contributed by atoms with E-state index in [4.69, 9.17) is 0 Å². The standard InChI is InChI=1S/C19H14N6O/c26-18(14-5-3-6-15(13-14)25-12-4-10-22-25)24-19-21-11-8-17(23-19)16-7-1-2-9-20-16/h1-13H,(H,21,23,24,26). The normalized spacial score (nSPS) is 10.5. The second kappa shape index (κ2) is 6.94. The highest BCUT2D eigenvalue weighted by molar-refractivity contribution is 6.03. The maximum atomic E-state index is 12.5. The minimum atomic E-state index is -0.294. The molecule has 0 unspecified atom stereocenters. The molecule has 1 aromatic carbocycles. The molecular formula is C19H14N6O. The number of anilines is 1. The van der Waals surface area contributed by atoms with E-state index in [9.17, 15) is 4.79 Å². The first-order valence-electron chi connectivity index (χ1n) is 7.95. The maximum Gasteiger partial charge on any atom is 0.258 e. The minimum absolute atomic E-state index is 0.225. The number of amides is 1. The summed E-state index contributed by atoms with van der Waals surface area (Å²) in [5, 5.41) is 6.89. The van der Waals surface area contributed by atoms with E-state index in [1.165, 1.54) is 0 Å². The second-order valence-electron chi connectivity index (χ2n) is 5.44. The zero-order valence-electron chi connectivity index (χ0n) is 13.6. The molecule has 0 atom stereocenters. The molecule has 0 aliphatic carbocycles. The Balaban J connectivity index is 1.56. The number of hydrogen-bond donors (Lipinski definition) is 1. The maximum absolute atomic E-state index is 12.5. The summed E-state index contributed by atoms with van der Waals surface area (Å²) in [5.41, 5.74) is 2.64. The summed E-state index contributed by atoms with van der Waals surface area (Å²) in [7, 11) is 0. The van der Waals surface area contributed by atoms with Crippen LogP contribution in [0.3, 0.4) is 0 Å². The molecule has 0 spiro atoms. The molecule has 0 saturated carbocycles. The van der Waals surface area contributed by atoms with E-state index in [-0.39, 0.29) is 11.9 Å². The predicted molar refractivity (Wildman–Crippen MR) is 96.8 cm³/mol. The molecule has 1 amide bonds. The number of nitrogens with zero attached hydrogens (tertiary/aromatic N) is 5. The number of hydrogen-bond acceptors (Lipinski definition) is 5. The summed E-state index contributed by atoms with van der Waals surface area (Å²) in [5.74, 6) is -0.0696. The molecular weight excluding hydrogens is 328 g/mol. The molecule has 4 rings (SSSR count). The highest BCUT2D eigenvalue weighted by Gasteiger charge is 2.10. The average Bonchev–Trinajstić information content (AvgIpc) is 3.24. The van der Waals surface area contributed by atoms with Crippen molar-refractivity contribution in [1.29, 1.82) is 0 Å². The van der Waals surface area contributed by atoms with Crippen molar-refractivity contribution >= 4 is 11.9 Å². The summed E-state index contributed by atoms with van der Waals surface area (Å²) in [4.78, 5) is 25.3. The van der Waals surface area contributed by atoms with E-state index in [1.54, 1.807) is 47.5 Å². The number of nitrogens with one attached hydrogen (secondary N) is 1. The van der Waals surface area contributed by atoms with Gasteiger partial charge in [0.2, 0.25) is 5.95 Å². The monoisotopic (exact) mass is 342 g/mol. The van der Waals surface area contributed by atoms with Crippen LogP contribution in [-0.4, -0.2) is 30.6 Å². The summed E-state index contributed by atoms with van der Waals surface area (Å²) >= 11 is 0. The van der Waals surface area contributed by atoms with Gasteiger partial charge in [-0.3, -0.25) is 15.1 Å². The van der Waals surface area contributed by atoms with Gasteiger partial charge in [0, 0.05) is 30.4 Å². The number of rotatable bonds is 4. The number of aromatic nitrogens is 5. The molecule has 0 bridgehead atoms. The number of carbonyl (C=O) groups is 1. The van der Waals surface area contributed by atoms with Gasteiger partial charge in [-0.25, -0.2) is 14.6 Å². The van der Waals surface area contributed by atoms with Gasteiger partial charge in [-0.15, -0.1) is 0 Å². The highest BCUT2D eigenvalue weighted by Crippen LogP contribution is 2.15. The zero-order valence-corrected chi connectivity index (χ0v) is 13.6. The largest absolute Gasteiger partial charge is 0.290 e. The van der Waals surface area contributed by atoms with E-state index in [2.05, 4.69) is 25.4 Å². The highest BCUT2D eigenvalue weighted by atomic mass is 16.1. The van der Waals surface area contributed by atoms with Crippen LogP contribution >= 0.6 is 0 Å². The van der Waals surface area contributed by atoms with Crippen molar-refractivity contribution in [3.8, 4) is 17.1 Å². The van der Waals surface area contributed by atoms with E-state index in [0.717, 1.165) is 5.69 Å². The molecule has 0 fully saturated rings. The lowest BCUT2D eigenvalue weighted by Crippen LogP contribution is -2.14. The lowest BCUT2D eigenvalue weighted by Gasteiger charge is -2.07. The summed E-state index contributed by atoms with van der Waals surface area (Å²) in [6.45, 7) is 0. The van der Waals surface area contributed by atoms with Crippen molar-refractivity contribution in [2.75, 3.05) is 5.32 Å². The molecule has 26 heavy (non-hydrogen) atoms. The van der Waals surface area contributed by atoms with E-state index in [0.29, 0.717) is 17.0 Å². The van der Waals surface area contributed by atoms with Gasteiger partial charge in [0.1, 0.15) is 0 Å². The van der Waals surface area contributed by atoms with Crippen LogP contribution in [0.25, 0.3) is 17.1 Å². The number of carbonyl (C=O) groups excluding carboxylic acids is 1. The molecule has 0 aliphatic heterocycles. The van der Waals surface area contributed by atoms with Gasteiger partial charge in [0.05, 0.1) is 17.1 Å². The van der Waals surface area contributed by atoms with Crippen molar-refractivity contribution in [1.82, 2.24) is 24.7 Å². The third-order valence-corrected chi connectivity index (χ3v) is 3.69. The van der Waals surface area contributed by atoms with Gasteiger partial charge in [-0.1, -0.05) is 12.1 Å². The van der Waals surface area contributed by atoms with Crippen LogP contribution in [0.1, 0.15) is 10.4 Å². The molecule has 0 saturated heterocycles. The van der Waals surface area contributed by atoms with Crippen LogP contribution in [-0.2, 0) is 0 Å². The average molecular weight is 342 g/mol. The third kappa shape index (κ3) is 3.32. The van der Waals surface area contributed by atoms with Crippen LogP contribution in [0.2, 0.25) is 0 Å². The van der Waals surface area contributed by atoms with Gasteiger partial charge in [-0.05, 0) is 42.5 Å². The Morgan fingerprint density at radius 3 is 2.65 bits per heavy atom. The lowest BCUT2D eigenvalue weighted by atomic mass is 10.2. The molecule has 3 heterocycles. The first-order valence-corrected chi connectivity index (χ1v) is 7.95. The molecule has 1 N–H and O–H groups in total. The first kappa shape index (κ1) is 15.6. The molecule has 7 nitrogen and oxygen atoms in total. The Morgan fingerprint density at radius 2 is 1.85 bits per heavy atom. The van der Waals surface area contributed by atoms with Crippen LogP contribution < -0.4 is 5.32 Å². The quantitative estimate of drug-likeness (QED) is 0.616. The molecule has 4 aromatic rings. The van der Waals surface area contributed by atoms with E-state index >= 15 is 0 Å². The third-order valence-electron chi connectivity index (χ3n) is 3.69. The van der Waals surface area contributed by atoms with Gasteiger partial charge in [0.15, 0.2) is 0 Å². The second-order valence-corrected chi connectivity index (χ2v) is 5.44. The van der Waals surface area contributed by atoms with Gasteiger partial charge in [-0.2, -0.15) is 5.10 Å². The van der Waals surface area contributed by atoms with E-state index < -0.39 is 0 Å². The summed E-state index contributed by atoms with van der Waals surface area (Å²) < 4.78 is 1.69. The predicted octanol–water partition coefficient (Wildman–Crippen LogP) is 2.98.